The Labute approximate surface area is 88.6 Å². The van der Waals surface area contributed by atoms with Crippen LogP contribution in [-0.2, 0) is 0 Å². The Balaban J connectivity index is 2.45. The van der Waals surface area contributed by atoms with Gasteiger partial charge in [0.05, 0.1) is 5.37 Å². The molecule has 76 valence electrons. The Hall–Kier alpha value is -0.870. The van der Waals surface area contributed by atoms with Crippen LogP contribution in [0.3, 0.4) is 0 Å². The minimum Gasteiger partial charge on any atom is -0.486 e. The van der Waals surface area contributed by atoms with Gasteiger partial charge in [0.25, 0.3) is 0 Å². The fourth-order valence-electron chi connectivity index (χ4n) is 1.52. The van der Waals surface area contributed by atoms with Gasteiger partial charge < -0.3 is 15.2 Å². The quantitative estimate of drug-likeness (QED) is 0.548. The van der Waals surface area contributed by atoms with Crippen LogP contribution in [0.2, 0.25) is 0 Å². The molecule has 1 atom stereocenters. The summed E-state index contributed by atoms with van der Waals surface area (Å²) in [6.45, 7) is 3.19. The maximum Gasteiger partial charge on any atom is 0.161 e. The Morgan fingerprint density at radius 1 is 1.29 bits per heavy atom. The van der Waals surface area contributed by atoms with Crippen molar-refractivity contribution in [3.05, 3.63) is 23.3 Å². The molecule has 0 aliphatic carbocycles. The zero-order chi connectivity index (χ0) is 10.1. The molecule has 0 radical (unpaired) electrons. The van der Waals surface area contributed by atoms with Crippen molar-refractivity contribution in [1.82, 2.24) is 0 Å². The first kappa shape index (κ1) is 9.68. The van der Waals surface area contributed by atoms with Gasteiger partial charge in [0.2, 0.25) is 0 Å². The monoisotopic (exact) mass is 211 g/mol. The van der Waals surface area contributed by atoms with Crippen LogP contribution in [0, 0.1) is 6.92 Å². The highest BCUT2D eigenvalue weighted by Crippen LogP contribution is 2.35. The van der Waals surface area contributed by atoms with Crippen molar-refractivity contribution < 1.29 is 9.47 Å². The predicted molar refractivity (Wildman–Crippen MR) is 58.1 cm³/mol. The third-order valence-electron chi connectivity index (χ3n) is 2.25. The number of nitrogens with two attached hydrogens (primary N) is 1. The minimum atomic E-state index is -0.272. The molecule has 1 heterocycles. The first-order valence-electron chi connectivity index (χ1n) is 4.52. The third-order valence-corrected chi connectivity index (χ3v) is 2.53. The largest absolute Gasteiger partial charge is 0.486 e. The van der Waals surface area contributed by atoms with Gasteiger partial charge in [-0.2, -0.15) is 12.6 Å². The number of fused-ring (bicyclic) bond motifs is 1. The lowest BCUT2D eigenvalue weighted by Gasteiger charge is -2.21. The van der Waals surface area contributed by atoms with Crippen LogP contribution in [0.5, 0.6) is 11.5 Å². The van der Waals surface area contributed by atoms with E-state index in [-0.39, 0.29) is 5.37 Å². The van der Waals surface area contributed by atoms with Gasteiger partial charge in [-0.1, -0.05) is 0 Å². The van der Waals surface area contributed by atoms with Gasteiger partial charge in [0.15, 0.2) is 11.5 Å². The zero-order valence-electron chi connectivity index (χ0n) is 7.99. The lowest BCUT2D eigenvalue weighted by atomic mass is 10.1. The van der Waals surface area contributed by atoms with E-state index in [9.17, 15) is 0 Å². The maximum atomic E-state index is 5.72. The maximum absolute atomic E-state index is 5.72. The molecular formula is C10H13NO2S. The minimum absolute atomic E-state index is 0.272. The van der Waals surface area contributed by atoms with Gasteiger partial charge in [-0.05, 0) is 30.2 Å². The molecule has 0 spiro atoms. The SMILES string of the molecule is Cc1cc2c(cc1C(N)S)OCCO2. The summed E-state index contributed by atoms with van der Waals surface area (Å²) >= 11 is 4.21. The number of thiol groups is 1. The van der Waals surface area contributed by atoms with Crippen molar-refractivity contribution in [2.75, 3.05) is 13.2 Å². The Kier molecular flexibility index (Phi) is 2.56. The van der Waals surface area contributed by atoms with Crippen molar-refractivity contribution in [3.63, 3.8) is 0 Å². The number of ether oxygens (including phenoxy) is 2. The molecule has 0 amide bonds. The second-order valence-corrected chi connectivity index (χ2v) is 3.85. The number of hydrogen-bond acceptors (Lipinski definition) is 4. The molecule has 3 nitrogen and oxygen atoms in total. The van der Waals surface area contributed by atoms with E-state index in [1.165, 1.54) is 0 Å². The lowest BCUT2D eigenvalue weighted by Crippen LogP contribution is -2.16. The van der Waals surface area contributed by atoms with E-state index in [0.717, 1.165) is 22.6 Å². The van der Waals surface area contributed by atoms with Crippen LogP contribution in [0.1, 0.15) is 16.5 Å². The highest BCUT2D eigenvalue weighted by Gasteiger charge is 2.15. The van der Waals surface area contributed by atoms with Gasteiger partial charge in [0, 0.05) is 0 Å². The number of hydrogen-bond donors (Lipinski definition) is 2. The van der Waals surface area contributed by atoms with Crippen LogP contribution >= 0.6 is 12.6 Å². The Bertz CT molecular complexity index is 352. The average Bonchev–Trinajstić information content (AvgIpc) is 2.16. The van der Waals surface area contributed by atoms with Crippen molar-refractivity contribution in [2.45, 2.75) is 12.3 Å². The molecule has 0 saturated carbocycles. The molecule has 14 heavy (non-hydrogen) atoms. The Morgan fingerprint density at radius 2 is 1.86 bits per heavy atom. The lowest BCUT2D eigenvalue weighted by molar-refractivity contribution is 0.171. The summed E-state index contributed by atoms with van der Waals surface area (Å²) in [6.07, 6.45) is 0. The standard InChI is InChI=1S/C10H13NO2S/c1-6-4-8-9(13-3-2-12-8)5-7(6)10(11)14/h4-5,10,14H,2-3,11H2,1H3. The predicted octanol–water partition coefficient (Wildman–Crippen LogP) is 1.65. The number of benzene rings is 1. The van der Waals surface area contributed by atoms with Crippen LogP contribution in [0.15, 0.2) is 12.1 Å². The van der Waals surface area contributed by atoms with Crippen molar-refractivity contribution in [2.24, 2.45) is 5.73 Å². The summed E-state index contributed by atoms with van der Waals surface area (Å²) in [4.78, 5) is 0. The summed E-state index contributed by atoms with van der Waals surface area (Å²) in [7, 11) is 0. The average molecular weight is 211 g/mol. The molecule has 0 saturated heterocycles. The van der Waals surface area contributed by atoms with Crippen LogP contribution in [0.25, 0.3) is 0 Å². The molecule has 0 bridgehead atoms. The van der Waals surface area contributed by atoms with Crippen molar-refractivity contribution >= 4 is 12.6 Å². The molecule has 1 aromatic carbocycles. The molecule has 1 unspecified atom stereocenters. The molecule has 2 rings (SSSR count). The second-order valence-electron chi connectivity index (χ2n) is 3.30. The van der Waals surface area contributed by atoms with Crippen LogP contribution in [0.4, 0.5) is 0 Å². The highest BCUT2D eigenvalue weighted by molar-refractivity contribution is 7.80. The summed E-state index contributed by atoms with van der Waals surface area (Å²) in [5.41, 5.74) is 7.78. The van der Waals surface area contributed by atoms with E-state index in [0.29, 0.717) is 13.2 Å². The third kappa shape index (κ3) is 1.67. The molecular weight excluding hydrogens is 198 g/mol. The fourth-order valence-corrected chi connectivity index (χ4v) is 1.80. The summed E-state index contributed by atoms with van der Waals surface area (Å²) in [5, 5.41) is -0.272. The molecule has 2 N–H and O–H groups in total. The molecule has 0 aromatic heterocycles. The van der Waals surface area contributed by atoms with Crippen molar-refractivity contribution in [3.8, 4) is 11.5 Å². The van der Waals surface area contributed by atoms with Gasteiger partial charge >= 0.3 is 0 Å². The van der Waals surface area contributed by atoms with E-state index in [4.69, 9.17) is 15.2 Å². The summed E-state index contributed by atoms with van der Waals surface area (Å²) < 4.78 is 10.9. The van der Waals surface area contributed by atoms with E-state index < -0.39 is 0 Å². The zero-order valence-corrected chi connectivity index (χ0v) is 8.88. The molecule has 1 aromatic rings. The Morgan fingerprint density at radius 3 is 2.43 bits per heavy atom. The van der Waals surface area contributed by atoms with E-state index in [1.54, 1.807) is 0 Å². The highest BCUT2D eigenvalue weighted by atomic mass is 32.1. The smallest absolute Gasteiger partial charge is 0.161 e. The van der Waals surface area contributed by atoms with Gasteiger partial charge in [-0.3, -0.25) is 0 Å². The second kappa shape index (κ2) is 3.71. The molecule has 1 aliphatic rings. The van der Waals surface area contributed by atoms with Crippen LogP contribution in [-0.4, -0.2) is 13.2 Å². The van der Waals surface area contributed by atoms with E-state index in [1.807, 2.05) is 19.1 Å². The molecule has 4 heteroatoms. The summed E-state index contributed by atoms with van der Waals surface area (Å²) in [6, 6.07) is 3.85. The fraction of sp³-hybridized carbons (Fsp3) is 0.400. The number of rotatable bonds is 1. The number of aryl methyl sites for hydroxylation is 1. The van der Waals surface area contributed by atoms with Gasteiger partial charge in [-0.25, -0.2) is 0 Å². The molecule has 1 aliphatic heterocycles. The van der Waals surface area contributed by atoms with Gasteiger partial charge in [-0.15, -0.1) is 0 Å². The van der Waals surface area contributed by atoms with Crippen molar-refractivity contribution in [1.29, 1.82) is 0 Å². The van der Waals surface area contributed by atoms with E-state index >= 15 is 0 Å². The van der Waals surface area contributed by atoms with E-state index in [2.05, 4.69) is 12.6 Å². The summed E-state index contributed by atoms with van der Waals surface area (Å²) in [5.74, 6) is 1.56. The van der Waals surface area contributed by atoms with Gasteiger partial charge in [0.1, 0.15) is 13.2 Å². The van der Waals surface area contributed by atoms with Crippen LogP contribution < -0.4 is 15.2 Å². The first-order chi connectivity index (χ1) is 6.68. The first-order valence-corrected chi connectivity index (χ1v) is 5.04. The normalized spacial score (nSPS) is 16.5. The molecule has 0 fully saturated rings. The topological polar surface area (TPSA) is 44.5 Å².